The Morgan fingerprint density at radius 3 is 2.57 bits per heavy atom. The second-order valence-corrected chi connectivity index (χ2v) is 8.37. The Hall–Kier alpha value is -2.93. The molecule has 0 saturated carbocycles. The number of hydrogen-bond acceptors (Lipinski definition) is 4. The van der Waals surface area contributed by atoms with Crippen LogP contribution in [0.4, 0.5) is 4.39 Å². The predicted molar refractivity (Wildman–Crippen MR) is 116 cm³/mol. The van der Waals surface area contributed by atoms with E-state index in [1.165, 1.54) is 23.5 Å². The molecule has 1 aliphatic heterocycles. The minimum atomic E-state index is -0.308. The lowest BCUT2D eigenvalue weighted by Gasteiger charge is -2.32. The highest BCUT2D eigenvalue weighted by molar-refractivity contribution is 7.20. The molecule has 1 aliphatic rings. The molecular weight excluding hydrogens is 403 g/mol. The molecule has 30 heavy (non-hydrogen) atoms. The Kier molecular flexibility index (Phi) is 5.99. The first-order valence-electron chi connectivity index (χ1n) is 10.1. The summed E-state index contributed by atoms with van der Waals surface area (Å²) in [5.41, 5.74) is 0.637. The van der Waals surface area contributed by atoms with Crippen molar-refractivity contribution in [3.63, 3.8) is 0 Å². The average molecular weight is 427 g/mol. The smallest absolute Gasteiger partial charge is 0.261 e. The third-order valence-corrected chi connectivity index (χ3v) is 6.35. The third-order valence-electron chi connectivity index (χ3n) is 5.23. The summed E-state index contributed by atoms with van der Waals surface area (Å²) < 4.78 is 19.7. The van der Waals surface area contributed by atoms with E-state index < -0.39 is 0 Å². The van der Waals surface area contributed by atoms with Gasteiger partial charge in [0, 0.05) is 29.4 Å². The predicted octanol–water partition coefficient (Wildman–Crippen LogP) is 4.47. The summed E-state index contributed by atoms with van der Waals surface area (Å²) in [7, 11) is 0. The normalized spacial score (nSPS) is 14.7. The van der Waals surface area contributed by atoms with E-state index in [2.05, 4.69) is 5.32 Å². The topological polar surface area (TPSA) is 58.6 Å². The standard InChI is InChI=1S/C23H23FN2O3S/c1-2-29-19-6-3-15(4-7-19)23(28)26-11-9-18(10-12-26)25-22(27)21-14-16-13-17(24)5-8-20(16)30-21/h3-8,13-14,18H,2,9-12H2,1H3,(H,25,27). The largest absolute Gasteiger partial charge is 0.494 e. The number of hydrogen-bond donors (Lipinski definition) is 1. The van der Waals surface area contributed by atoms with Crippen LogP contribution in [-0.2, 0) is 0 Å². The molecule has 2 amide bonds. The van der Waals surface area contributed by atoms with E-state index in [9.17, 15) is 14.0 Å². The Labute approximate surface area is 178 Å². The van der Waals surface area contributed by atoms with Crippen LogP contribution in [0.1, 0.15) is 39.8 Å². The van der Waals surface area contributed by atoms with Gasteiger partial charge in [0.1, 0.15) is 11.6 Å². The maximum absolute atomic E-state index is 13.4. The molecule has 0 radical (unpaired) electrons. The van der Waals surface area contributed by atoms with Crippen molar-refractivity contribution < 1.29 is 18.7 Å². The van der Waals surface area contributed by atoms with E-state index in [0.717, 1.165) is 15.8 Å². The van der Waals surface area contributed by atoms with Gasteiger partial charge in [-0.1, -0.05) is 0 Å². The summed E-state index contributed by atoms with van der Waals surface area (Å²) >= 11 is 1.36. The fourth-order valence-electron chi connectivity index (χ4n) is 3.65. The van der Waals surface area contributed by atoms with Gasteiger partial charge in [0.05, 0.1) is 11.5 Å². The molecule has 0 aliphatic carbocycles. The molecule has 2 aromatic carbocycles. The van der Waals surface area contributed by atoms with Crippen molar-refractivity contribution >= 4 is 33.2 Å². The van der Waals surface area contributed by atoms with Crippen LogP contribution >= 0.6 is 11.3 Å². The van der Waals surface area contributed by atoms with Crippen molar-refractivity contribution in [1.82, 2.24) is 10.2 Å². The lowest BCUT2D eigenvalue weighted by Crippen LogP contribution is -2.46. The highest BCUT2D eigenvalue weighted by atomic mass is 32.1. The fraction of sp³-hybridized carbons (Fsp3) is 0.304. The van der Waals surface area contributed by atoms with Gasteiger partial charge in [-0.05, 0) is 73.7 Å². The SMILES string of the molecule is CCOc1ccc(C(=O)N2CCC(NC(=O)c3cc4cc(F)ccc4s3)CC2)cc1. The third kappa shape index (κ3) is 4.46. The van der Waals surface area contributed by atoms with E-state index in [-0.39, 0.29) is 23.7 Å². The second kappa shape index (κ2) is 8.83. The number of halogens is 1. The van der Waals surface area contributed by atoms with Gasteiger partial charge in [0.2, 0.25) is 0 Å². The molecule has 7 heteroatoms. The minimum Gasteiger partial charge on any atom is -0.494 e. The van der Waals surface area contributed by atoms with Crippen molar-refractivity contribution in [3.8, 4) is 5.75 Å². The Balaban J connectivity index is 1.32. The molecule has 4 rings (SSSR count). The lowest BCUT2D eigenvalue weighted by atomic mass is 10.0. The van der Waals surface area contributed by atoms with Gasteiger partial charge in [-0.3, -0.25) is 9.59 Å². The number of nitrogens with one attached hydrogen (secondary N) is 1. The minimum absolute atomic E-state index is 0.00522. The summed E-state index contributed by atoms with van der Waals surface area (Å²) in [5, 5.41) is 3.79. The van der Waals surface area contributed by atoms with Crippen LogP contribution in [-0.4, -0.2) is 42.5 Å². The Morgan fingerprint density at radius 2 is 1.87 bits per heavy atom. The molecule has 0 unspecified atom stereocenters. The van der Waals surface area contributed by atoms with Gasteiger partial charge in [-0.25, -0.2) is 4.39 Å². The Bertz CT molecular complexity index is 1060. The van der Waals surface area contributed by atoms with Gasteiger partial charge in [-0.15, -0.1) is 11.3 Å². The van der Waals surface area contributed by atoms with Gasteiger partial charge in [0.15, 0.2) is 0 Å². The Morgan fingerprint density at radius 1 is 1.13 bits per heavy atom. The molecule has 156 valence electrons. The zero-order valence-corrected chi connectivity index (χ0v) is 17.5. The number of likely N-dealkylation sites (tertiary alicyclic amines) is 1. The van der Waals surface area contributed by atoms with Crippen LogP contribution < -0.4 is 10.1 Å². The van der Waals surface area contributed by atoms with Crippen molar-refractivity contribution in [1.29, 1.82) is 0 Å². The molecule has 1 aromatic heterocycles. The van der Waals surface area contributed by atoms with Crippen LogP contribution in [0.5, 0.6) is 5.75 Å². The number of piperidine rings is 1. The summed E-state index contributed by atoms with van der Waals surface area (Å²) in [4.78, 5) is 27.7. The summed E-state index contributed by atoms with van der Waals surface area (Å²) in [6, 6.07) is 13.5. The van der Waals surface area contributed by atoms with Crippen molar-refractivity contribution in [2.24, 2.45) is 0 Å². The number of thiophene rings is 1. The van der Waals surface area contributed by atoms with E-state index in [1.807, 2.05) is 11.8 Å². The molecule has 1 fully saturated rings. The number of nitrogens with zero attached hydrogens (tertiary/aromatic N) is 1. The van der Waals surface area contributed by atoms with E-state index in [1.54, 1.807) is 36.4 Å². The molecular formula is C23H23FN2O3S. The van der Waals surface area contributed by atoms with Gasteiger partial charge in [0.25, 0.3) is 11.8 Å². The van der Waals surface area contributed by atoms with Crippen LogP contribution in [0, 0.1) is 5.82 Å². The van der Waals surface area contributed by atoms with Crippen molar-refractivity contribution in [2.45, 2.75) is 25.8 Å². The number of ether oxygens (including phenoxy) is 1. The van der Waals surface area contributed by atoms with Crippen molar-refractivity contribution in [2.75, 3.05) is 19.7 Å². The highest BCUT2D eigenvalue weighted by Gasteiger charge is 2.25. The number of rotatable bonds is 5. The second-order valence-electron chi connectivity index (χ2n) is 7.29. The molecule has 1 saturated heterocycles. The number of carbonyl (C=O) groups excluding carboxylic acids is 2. The molecule has 3 aromatic rings. The van der Waals surface area contributed by atoms with Crippen LogP contribution in [0.15, 0.2) is 48.5 Å². The number of benzene rings is 2. The molecule has 1 N–H and O–H groups in total. The molecule has 0 bridgehead atoms. The molecule has 5 nitrogen and oxygen atoms in total. The number of carbonyl (C=O) groups is 2. The first kappa shape index (κ1) is 20.3. The highest BCUT2D eigenvalue weighted by Crippen LogP contribution is 2.26. The van der Waals surface area contributed by atoms with Gasteiger partial charge >= 0.3 is 0 Å². The zero-order chi connectivity index (χ0) is 21.1. The molecule has 0 atom stereocenters. The maximum Gasteiger partial charge on any atom is 0.261 e. The maximum atomic E-state index is 13.4. The summed E-state index contributed by atoms with van der Waals surface area (Å²) in [5.74, 6) is 0.290. The fourth-order valence-corrected chi connectivity index (χ4v) is 4.60. The van der Waals surface area contributed by atoms with E-state index >= 15 is 0 Å². The van der Waals surface area contributed by atoms with E-state index in [4.69, 9.17) is 4.74 Å². The number of fused-ring (bicyclic) bond motifs is 1. The number of amides is 2. The molecule has 0 spiro atoms. The van der Waals surface area contributed by atoms with Gasteiger partial charge < -0.3 is 15.0 Å². The van der Waals surface area contributed by atoms with Crippen LogP contribution in [0.25, 0.3) is 10.1 Å². The average Bonchev–Trinajstić information content (AvgIpc) is 3.18. The van der Waals surface area contributed by atoms with E-state index in [0.29, 0.717) is 43.0 Å². The summed E-state index contributed by atoms with van der Waals surface area (Å²) in [6.45, 7) is 3.69. The molecule has 2 heterocycles. The van der Waals surface area contributed by atoms with Crippen LogP contribution in [0.2, 0.25) is 0 Å². The lowest BCUT2D eigenvalue weighted by molar-refractivity contribution is 0.0698. The first-order chi connectivity index (χ1) is 14.5. The summed E-state index contributed by atoms with van der Waals surface area (Å²) in [6.07, 6.45) is 1.40. The van der Waals surface area contributed by atoms with Crippen LogP contribution in [0.3, 0.4) is 0 Å². The zero-order valence-electron chi connectivity index (χ0n) is 16.7. The van der Waals surface area contributed by atoms with Gasteiger partial charge in [-0.2, -0.15) is 0 Å². The first-order valence-corrected chi connectivity index (χ1v) is 10.9. The monoisotopic (exact) mass is 426 g/mol. The quantitative estimate of drug-likeness (QED) is 0.655. The van der Waals surface area contributed by atoms with Crippen molar-refractivity contribution in [3.05, 3.63) is 64.8 Å².